The lowest BCUT2D eigenvalue weighted by atomic mass is 9.34. The topological polar surface area (TPSA) is 67.2 Å². The third-order valence-corrected chi connectivity index (χ3v) is 17.5. The molecule has 0 N–H and O–H groups in total. The summed E-state index contributed by atoms with van der Waals surface area (Å²) < 4.78 is 24.1. The van der Waals surface area contributed by atoms with Crippen molar-refractivity contribution < 1.29 is 13.9 Å². The maximum Gasteiger partial charge on any atom is 0.260 e. The summed E-state index contributed by atoms with van der Waals surface area (Å²) in [5, 5.41) is 10.2. The highest BCUT2D eigenvalue weighted by Gasteiger charge is 2.42. The van der Waals surface area contributed by atoms with Crippen LogP contribution in [0.25, 0.3) is 56.1 Å². The van der Waals surface area contributed by atoms with E-state index in [4.69, 9.17) is 24.1 Å². The van der Waals surface area contributed by atoms with Gasteiger partial charge in [-0.3, -0.25) is 0 Å². The number of hydrogen-bond acceptors (Lipinski definition) is 7. The zero-order valence-corrected chi connectivity index (χ0v) is 41.9. The van der Waals surface area contributed by atoms with Gasteiger partial charge in [-0.25, -0.2) is 9.36 Å². The van der Waals surface area contributed by atoms with Gasteiger partial charge in [0, 0.05) is 58.7 Å². The molecule has 7 nitrogen and oxygen atoms in total. The zero-order chi connectivity index (χ0) is 48.6. The van der Waals surface area contributed by atoms with Gasteiger partial charge in [0.1, 0.15) is 28.8 Å². The van der Waals surface area contributed by atoms with Gasteiger partial charge < -0.3 is 13.9 Å². The van der Waals surface area contributed by atoms with Gasteiger partial charge in [-0.2, -0.15) is 10.2 Å². The van der Waals surface area contributed by atoms with Crippen LogP contribution in [0, 0.1) is 27.7 Å². The van der Waals surface area contributed by atoms with E-state index in [-0.39, 0.29) is 13.4 Å². The van der Waals surface area contributed by atoms with E-state index in [0.717, 1.165) is 107 Å². The van der Waals surface area contributed by atoms with Crippen molar-refractivity contribution in [3.05, 3.63) is 205 Å². The first kappa shape index (κ1) is 42.6. The average molecular weight is 977 g/mol. The number of furan rings is 1. The normalized spacial score (nSPS) is 13.3. The molecule has 346 valence electrons. The van der Waals surface area contributed by atoms with Crippen LogP contribution in [0.2, 0.25) is 0 Å². The van der Waals surface area contributed by atoms with E-state index in [1.165, 1.54) is 47.1 Å². The molecule has 73 heavy (non-hydrogen) atoms. The van der Waals surface area contributed by atoms with Crippen molar-refractivity contribution in [1.29, 1.82) is 0 Å². The Morgan fingerprint density at radius 2 is 0.904 bits per heavy atom. The van der Waals surface area contributed by atoms with Crippen molar-refractivity contribution in [3.8, 4) is 79.1 Å². The molecule has 0 aliphatic carbocycles. The first-order valence-electron chi connectivity index (χ1n) is 24.7. The number of ether oxygens (including phenoxy) is 2. The van der Waals surface area contributed by atoms with Gasteiger partial charge in [-0.1, -0.05) is 132 Å². The van der Waals surface area contributed by atoms with Gasteiger partial charge in [0.2, 0.25) is 6.71 Å². The Morgan fingerprint density at radius 1 is 0.397 bits per heavy atom. The van der Waals surface area contributed by atoms with Crippen molar-refractivity contribution in [3.63, 3.8) is 0 Å². The summed E-state index contributed by atoms with van der Waals surface area (Å²) >= 11 is 3.73. The van der Waals surface area contributed by atoms with E-state index in [0.29, 0.717) is 0 Å². The number of fused-ring (bicyclic) bond motifs is 8. The van der Waals surface area contributed by atoms with Gasteiger partial charge in [0.15, 0.2) is 0 Å². The van der Waals surface area contributed by atoms with Crippen LogP contribution in [0.5, 0.6) is 23.0 Å². The Balaban J connectivity index is 0.797. The summed E-state index contributed by atoms with van der Waals surface area (Å²) in [5.74, 6) is 4.09. The minimum absolute atomic E-state index is 0.0435. The molecule has 0 unspecified atom stereocenters. The second-order valence-corrected chi connectivity index (χ2v) is 21.6. The monoisotopic (exact) mass is 976 g/mol. The highest BCUT2D eigenvalue weighted by Crippen LogP contribution is 2.42. The predicted molar refractivity (Wildman–Crippen MR) is 297 cm³/mol. The van der Waals surface area contributed by atoms with E-state index in [9.17, 15) is 0 Å². The molecule has 8 aromatic carbocycles. The molecule has 0 bridgehead atoms. The molecule has 0 saturated carbocycles. The fourth-order valence-corrected chi connectivity index (χ4v) is 14.3. The molecule has 7 heterocycles. The van der Waals surface area contributed by atoms with Crippen molar-refractivity contribution in [2.75, 3.05) is 0 Å². The Hall–Kier alpha value is -8.11. The van der Waals surface area contributed by atoms with Gasteiger partial charge in [-0.05, 0) is 140 Å². The van der Waals surface area contributed by atoms with Gasteiger partial charge in [0.05, 0.1) is 29.0 Å². The molecule has 0 radical (unpaired) electrons. The number of hydrogen-bond donors (Lipinski definition) is 0. The first-order valence-corrected chi connectivity index (χ1v) is 26.3. The summed E-state index contributed by atoms with van der Waals surface area (Å²) in [4.78, 5) is 5.14. The lowest BCUT2D eigenvalue weighted by Gasteiger charge is -2.33. The lowest BCUT2D eigenvalue weighted by Crippen LogP contribution is -2.58. The second-order valence-electron chi connectivity index (χ2n) is 19.4. The minimum Gasteiger partial charge on any atom is -0.464 e. The van der Waals surface area contributed by atoms with Crippen LogP contribution in [-0.2, 0) is 0 Å². The lowest BCUT2D eigenvalue weighted by molar-refractivity contribution is 0.464. The smallest absolute Gasteiger partial charge is 0.260 e. The third kappa shape index (κ3) is 6.58. The van der Waals surface area contributed by atoms with Crippen LogP contribution in [0.1, 0.15) is 22.8 Å². The largest absolute Gasteiger partial charge is 0.464 e. The maximum absolute atomic E-state index is 6.68. The van der Waals surface area contributed by atoms with Crippen LogP contribution in [-0.4, -0.2) is 33.0 Å². The minimum atomic E-state index is -0.134. The highest BCUT2D eigenvalue weighted by molar-refractivity contribution is 8.01. The Kier molecular flexibility index (Phi) is 9.45. The molecule has 4 aliphatic rings. The number of rotatable bonds is 6. The Labute approximate surface area is 432 Å². The molecular formula is C62H42B2N4O3S2. The summed E-state index contributed by atoms with van der Waals surface area (Å²) in [6.45, 7) is 8.43. The van der Waals surface area contributed by atoms with E-state index in [1.807, 2.05) is 54.1 Å². The molecule has 15 rings (SSSR count). The SMILES string of the molecule is Cc1nn(-c2ccc3c(c2)B2c4cc(-c5coc(-c6ccc7c(c6)B6c8cc(-n9nc(C)c(-c%10ccccc%10)c9C)ccc8Sc8cccc(c86)S7)c5)ccc4Oc4cccc(c42)O3)c(C)c1-c1ccccc1. The standard InChI is InChI=1S/C62H42B2N4O3S2/c1-35-59(39-13-7-5-8-14-39)37(3)67(65-35)44-23-26-51-47(32-44)63-46-29-41(21-25-50(46)70-52-17-11-18-53(71-51)61(52)63)43-31-54(69-34-43)42-22-27-55-48(30-42)64-49-33-45(24-28-56(49)73-58-20-12-19-57(72-55)62(58)64)68-38(4)60(36(2)66-68)40-15-9-6-10-16-40/h5-34H,1-4H3. The summed E-state index contributed by atoms with van der Waals surface area (Å²) in [5.41, 5.74) is 21.2. The van der Waals surface area contributed by atoms with Gasteiger partial charge >= 0.3 is 0 Å². The number of benzene rings is 8. The zero-order valence-electron chi connectivity index (χ0n) is 40.3. The molecule has 4 aliphatic heterocycles. The van der Waals surface area contributed by atoms with E-state index >= 15 is 0 Å². The molecule has 0 amide bonds. The van der Waals surface area contributed by atoms with Gasteiger partial charge in [-0.15, -0.1) is 0 Å². The highest BCUT2D eigenvalue weighted by atomic mass is 32.2. The molecule has 3 aromatic heterocycles. The molecule has 11 aromatic rings. The van der Waals surface area contributed by atoms with E-state index < -0.39 is 0 Å². The molecule has 0 fully saturated rings. The van der Waals surface area contributed by atoms with Crippen molar-refractivity contribution in [1.82, 2.24) is 19.6 Å². The third-order valence-electron chi connectivity index (χ3n) is 15.2. The van der Waals surface area contributed by atoms with Crippen molar-refractivity contribution >= 4 is 69.7 Å². The average Bonchev–Trinajstić information content (AvgIpc) is 4.13. The number of aryl methyl sites for hydroxylation is 2. The summed E-state index contributed by atoms with van der Waals surface area (Å²) in [6.07, 6.45) is 1.89. The van der Waals surface area contributed by atoms with Crippen molar-refractivity contribution in [2.24, 2.45) is 0 Å². The van der Waals surface area contributed by atoms with Crippen LogP contribution in [0.4, 0.5) is 0 Å². The van der Waals surface area contributed by atoms with E-state index in [1.54, 1.807) is 0 Å². The Bertz CT molecular complexity index is 3830. The first-order chi connectivity index (χ1) is 35.8. The maximum atomic E-state index is 6.68. The Morgan fingerprint density at radius 3 is 1.55 bits per heavy atom. The quantitative estimate of drug-likeness (QED) is 0.154. The van der Waals surface area contributed by atoms with Crippen molar-refractivity contribution in [2.45, 2.75) is 47.3 Å². The number of nitrogens with zero attached hydrogens (tertiary/aromatic N) is 4. The van der Waals surface area contributed by atoms with Gasteiger partial charge in [0.25, 0.3) is 6.71 Å². The molecule has 11 heteroatoms. The fraction of sp³-hybridized carbons (Fsp3) is 0.0645. The molecule has 0 spiro atoms. The van der Waals surface area contributed by atoms with Crippen LogP contribution in [0.3, 0.4) is 0 Å². The number of aromatic nitrogens is 4. The summed E-state index contributed by atoms with van der Waals surface area (Å²) in [7, 11) is 0. The predicted octanol–water partition coefficient (Wildman–Crippen LogP) is 11.7. The van der Waals surface area contributed by atoms with Crippen LogP contribution >= 0.6 is 23.5 Å². The molecular weight excluding hydrogens is 934 g/mol. The van der Waals surface area contributed by atoms with Crippen LogP contribution < -0.4 is 42.3 Å². The fourth-order valence-electron chi connectivity index (χ4n) is 11.9. The summed E-state index contributed by atoms with van der Waals surface area (Å²) in [6, 6.07) is 62.8. The molecule has 0 atom stereocenters. The second kappa shape index (κ2) is 16.2. The van der Waals surface area contributed by atoms with Crippen LogP contribution in [0.15, 0.2) is 206 Å². The van der Waals surface area contributed by atoms with E-state index in [2.05, 4.69) is 189 Å². The molecule has 0 saturated heterocycles.